The summed E-state index contributed by atoms with van der Waals surface area (Å²) >= 11 is 1.76. The van der Waals surface area contributed by atoms with Gasteiger partial charge in [-0.1, -0.05) is 35.6 Å². The van der Waals surface area contributed by atoms with Gasteiger partial charge in [0.15, 0.2) is 5.13 Å². The van der Waals surface area contributed by atoms with Crippen molar-refractivity contribution in [3.8, 4) is 5.75 Å². The number of hydrogen-bond donors (Lipinski definition) is 1. The van der Waals surface area contributed by atoms with Crippen molar-refractivity contribution in [2.45, 2.75) is 32.2 Å². The molecule has 3 aromatic rings. The van der Waals surface area contributed by atoms with Gasteiger partial charge < -0.3 is 15.0 Å². The number of rotatable bonds is 7. The predicted molar refractivity (Wildman–Crippen MR) is 119 cm³/mol. The summed E-state index contributed by atoms with van der Waals surface area (Å²) in [6.07, 6.45) is 3.84. The summed E-state index contributed by atoms with van der Waals surface area (Å²) in [5.41, 5.74) is 2.13. The Kier molecular flexibility index (Phi) is 6.30. The first-order valence-corrected chi connectivity index (χ1v) is 11.0. The first kappa shape index (κ1) is 19.7. The van der Waals surface area contributed by atoms with Crippen LogP contribution in [0.2, 0.25) is 0 Å². The number of carbonyl (C=O) groups is 1. The Labute approximate surface area is 175 Å². The summed E-state index contributed by atoms with van der Waals surface area (Å²) in [5, 5.41) is 4.14. The molecule has 152 valence electrons. The number of para-hydroxylation sites is 1. The van der Waals surface area contributed by atoms with Gasteiger partial charge in [-0.05, 0) is 55.0 Å². The summed E-state index contributed by atoms with van der Waals surface area (Å²) < 4.78 is 6.47. The van der Waals surface area contributed by atoms with Crippen LogP contribution in [0.15, 0.2) is 48.5 Å². The van der Waals surface area contributed by atoms with E-state index in [-0.39, 0.29) is 5.91 Å². The molecule has 1 aliphatic heterocycles. The average molecular weight is 410 g/mol. The molecule has 1 atom stereocenters. The lowest BCUT2D eigenvalue weighted by Gasteiger charge is -2.32. The molecule has 29 heavy (non-hydrogen) atoms. The van der Waals surface area contributed by atoms with E-state index in [0.717, 1.165) is 47.9 Å². The highest BCUT2D eigenvalue weighted by molar-refractivity contribution is 7.22. The molecule has 6 heteroatoms. The Balaban J connectivity index is 1.26. The Morgan fingerprint density at radius 3 is 3.03 bits per heavy atom. The van der Waals surface area contributed by atoms with Gasteiger partial charge in [-0.15, -0.1) is 0 Å². The first-order valence-electron chi connectivity index (χ1n) is 10.2. The normalized spacial score (nSPS) is 16.7. The van der Waals surface area contributed by atoms with Gasteiger partial charge in [-0.25, -0.2) is 4.98 Å². The van der Waals surface area contributed by atoms with Crippen molar-refractivity contribution in [1.82, 2.24) is 10.3 Å². The minimum Gasteiger partial charge on any atom is -0.497 e. The van der Waals surface area contributed by atoms with Gasteiger partial charge in [0.2, 0.25) is 5.91 Å². The first-order chi connectivity index (χ1) is 14.2. The maximum Gasteiger partial charge on any atom is 0.220 e. The van der Waals surface area contributed by atoms with E-state index in [0.29, 0.717) is 18.9 Å². The Morgan fingerprint density at radius 1 is 1.28 bits per heavy atom. The minimum absolute atomic E-state index is 0.116. The van der Waals surface area contributed by atoms with Gasteiger partial charge in [-0.3, -0.25) is 4.79 Å². The highest BCUT2D eigenvalue weighted by Gasteiger charge is 2.23. The molecule has 1 N–H and O–H groups in total. The van der Waals surface area contributed by atoms with Crippen molar-refractivity contribution >= 4 is 32.6 Å². The maximum atomic E-state index is 12.3. The van der Waals surface area contributed by atoms with E-state index in [1.165, 1.54) is 11.1 Å². The van der Waals surface area contributed by atoms with Crippen molar-refractivity contribution in [3.63, 3.8) is 0 Å². The maximum absolute atomic E-state index is 12.3. The number of piperidine rings is 1. The molecule has 0 saturated carbocycles. The molecule has 1 unspecified atom stereocenters. The van der Waals surface area contributed by atoms with Crippen LogP contribution in [0.5, 0.6) is 5.75 Å². The number of hydrogen-bond acceptors (Lipinski definition) is 5. The lowest BCUT2D eigenvalue weighted by atomic mass is 9.93. The molecule has 5 nitrogen and oxygen atoms in total. The zero-order valence-electron chi connectivity index (χ0n) is 16.8. The quantitative estimate of drug-likeness (QED) is 0.619. The van der Waals surface area contributed by atoms with Crippen molar-refractivity contribution in [3.05, 3.63) is 54.1 Å². The molecule has 1 aromatic heterocycles. The Bertz CT molecular complexity index is 938. The molecule has 0 radical (unpaired) electrons. The van der Waals surface area contributed by atoms with E-state index in [4.69, 9.17) is 9.72 Å². The zero-order chi connectivity index (χ0) is 20.1. The monoisotopic (exact) mass is 409 g/mol. The van der Waals surface area contributed by atoms with Crippen molar-refractivity contribution in [2.24, 2.45) is 5.92 Å². The van der Waals surface area contributed by atoms with E-state index >= 15 is 0 Å². The van der Waals surface area contributed by atoms with Crippen LogP contribution in [-0.4, -0.2) is 31.1 Å². The number of amides is 1. The smallest absolute Gasteiger partial charge is 0.220 e. The van der Waals surface area contributed by atoms with Crippen molar-refractivity contribution < 1.29 is 9.53 Å². The third-order valence-corrected chi connectivity index (χ3v) is 6.57. The second kappa shape index (κ2) is 9.27. The number of fused-ring (bicyclic) bond motifs is 1. The van der Waals surface area contributed by atoms with Crippen LogP contribution in [0.3, 0.4) is 0 Å². The summed E-state index contributed by atoms with van der Waals surface area (Å²) in [6.45, 7) is 2.58. The molecule has 0 bridgehead atoms. The summed E-state index contributed by atoms with van der Waals surface area (Å²) in [5.74, 6) is 1.47. The number of methoxy groups -OCH3 is 1. The molecule has 4 rings (SSSR count). The standard InChI is InChI=1S/C23H27N3O2S/c1-28-19-8-4-6-18(14-19)15-24-22(27)12-11-17-7-5-13-26(16-17)23-25-20-9-2-3-10-21(20)29-23/h2-4,6,8-10,14,17H,5,7,11-13,15-16H2,1H3,(H,24,27). The summed E-state index contributed by atoms with van der Waals surface area (Å²) in [7, 11) is 1.65. The van der Waals surface area contributed by atoms with Gasteiger partial charge in [0.25, 0.3) is 0 Å². The molecule has 0 aliphatic carbocycles. The molecule has 2 aromatic carbocycles. The summed E-state index contributed by atoms with van der Waals surface area (Å²) in [6, 6.07) is 16.1. The van der Waals surface area contributed by atoms with E-state index in [2.05, 4.69) is 28.4 Å². The predicted octanol–water partition coefficient (Wildman–Crippen LogP) is 4.62. The van der Waals surface area contributed by atoms with Crippen LogP contribution in [-0.2, 0) is 11.3 Å². The summed E-state index contributed by atoms with van der Waals surface area (Å²) in [4.78, 5) is 19.5. The van der Waals surface area contributed by atoms with Crippen LogP contribution < -0.4 is 15.0 Å². The fourth-order valence-electron chi connectivity index (χ4n) is 3.88. The lowest BCUT2D eigenvalue weighted by molar-refractivity contribution is -0.121. The third kappa shape index (κ3) is 5.07. The third-order valence-electron chi connectivity index (χ3n) is 5.48. The lowest BCUT2D eigenvalue weighted by Crippen LogP contribution is -2.36. The number of ether oxygens (including phenoxy) is 1. The molecular formula is C23H27N3O2S. The minimum atomic E-state index is 0.116. The van der Waals surface area contributed by atoms with Crippen LogP contribution in [0.4, 0.5) is 5.13 Å². The number of nitrogens with zero attached hydrogens (tertiary/aromatic N) is 2. The SMILES string of the molecule is COc1cccc(CNC(=O)CCC2CCCN(c3nc4ccccc4s3)C2)c1. The van der Waals surface area contributed by atoms with Crippen LogP contribution in [0.1, 0.15) is 31.2 Å². The second-order valence-electron chi connectivity index (χ2n) is 7.59. The van der Waals surface area contributed by atoms with E-state index in [9.17, 15) is 4.79 Å². The van der Waals surface area contributed by atoms with E-state index in [1.807, 2.05) is 30.3 Å². The van der Waals surface area contributed by atoms with E-state index < -0.39 is 0 Å². The van der Waals surface area contributed by atoms with Gasteiger partial charge in [-0.2, -0.15) is 0 Å². The molecular weight excluding hydrogens is 382 g/mol. The number of carbonyl (C=O) groups excluding carboxylic acids is 1. The second-order valence-corrected chi connectivity index (χ2v) is 8.59. The van der Waals surface area contributed by atoms with Crippen LogP contribution in [0.25, 0.3) is 10.2 Å². The van der Waals surface area contributed by atoms with Gasteiger partial charge in [0, 0.05) is 26.1 Å². The van der Waals surface area contributed by atoms with Crippen molar-refractivity contribution in [2.75, 3.05) is 25.1 Å². The fraction of sp³-hybridized carbons (Fsp3) is 0.391. The Morgan fingerprint density at radius 2 is 2.17 bits per heavy atom. The van der Waals surface area contributed by atoms with Gasteiger partial charge in [0.1, 0.15) is 5.75 Å². The van der Waals surface area contributed by atoms with Crippen molar-refractivity contribution in [1.29, 1.82) is 0 Å². The molecule has 1 saturated heterocycles. The number of benzene rings is 2. The van der Waals surface area contributed by atoms with Crippen LogP contribution >= 0.6 is 11.3 Å². The number of aromatic nitrogens is 1. The highest BCUT2D eigenvalue weighted by atomic mass is 32.1. The van der Waals surface area contributed by atoms with Gasteiger partial charge in [0.05, 0.1) is 17.3 Å². The number of nitrogens with one attached hydrogen (secondary N) is 1. The average Bonchev–Trinajstić information content (AvgIpc) is 3.21. The van der Waals surface area contributed by atoms with Gasteiger partial charge >= 0.3 is 0 Å². The Hall–Kier alpha value is -2.60. The van der Waals surface area contributed by atoms with E-state index in [1.54, 1.807) is 18.4 Å². The zero-order valence-corrected chi connectivity index (χ0v) is 17.6. The highest BCUT2D eigenvalue weighted by Crippen LogP contribution is 2.32. The topological polar surface area (TPSA) is 54.5 Å². The molecule has 1 fully saturated rings. The molecule has 0 spiro atoms. The van der Waals surface area contributed by atoms with Crippen LogP contribution in [0, 0.1) is 5.92 Å². The number of anilines is 1. The molecule has 2 heterocycles. The molecule has 1 amide bonds. The fourth-order valence-corrected chi connectivity index (χ4v) is 4.88. The number of thiazole rings is 1. The molecule has 1 aliphatic rings. The largest absolute Gasteiger partial charge is 0.497 e.